The summed E-state index contributed by atoms with van der Waals surface area (Å²) in [5.41, 5.74) is 0. The van der Waals surface area contributed by atoms with Gasteiger partial charge in [0.05, 0.1) is 6.54 Å². The molecule has 8 heteroatoms. The minimum absolute atomic E-state index is 0.926. The van der Waals surface area contributed by atoms with Gasteiger partial charge in [0.2, 0.25) is 5.91 Å². The number of rotatable bonds is 4. The average Bonchev–Trinajstić information content (AvgIpc) is 1.96. The highest BCUT2D eigenvalue weighted by Crippen LogP contribution is 2.19. The Morgan fingerprint density at radius 1 is 1.36 bits per heavy atom. The zero-order valence-corrected chi connectivity index (χ0v) is 6.84. The van der Waals surface area contributed by atoms with E-state index in [-0.39, 0.29) is 0 Å². The Kier molecular flexibility index (Phi) is 4.35. The Balaban J connectivity index is 3.84. The fourth-order valence-corrected chi connectivity index (χ4v) is 0.526. The molecule has 1 unspecified atom stereocenters. The van der Waals surface area contributed by atoms with Crippen molar-refractivity contribution >= 4 is 11.9 Å². The van der Waals surface area contributed by atoms with Gasteiger partial charge < -0.3 is 15.5 Å². The monoisotopic (exact) mass is 215 g/mol. The first-order valence-corrected chi connectivity index (χ1v) is 3.46. The fraction of sp³-hybridized carbons (Fsp3) is 0.667. The first-order chi connectivity index (χ1) is 6.23. The molecule has 0 saturated carbocycles. The molecule has 5 nitrogen and oxygen atoms in total. The van der Waals surface area contributed by atoms with Gasteiger partial charge in [-0.3, -0.25) is 9.59 Å². The average molecular weight is 215 g/mol. The van der Waals surface area contributed by atoms with Crippen molar-refractivity contribution in [1.82, 2.24) is 5.32 Å². The Morgan fingerprint density at radius 3 is 2.21 bits per heavy atom. The lowest BCUT2D eigenvalue weighted by Gasteiger charge is -2.14. The van der Waals surface area contributed by atoms with E-state index in [2.05, 4.69) is 0 Å². The van der Waals surface area contributed by atoms with Gasteiger partial charge in [-0.25, -0.2) is 0 Å². The maximum absolute atomic E-state index is 11.6. The molecule has 1 atom stereocenters. The topological polar surface area (TPSA) is 86.6 Å². The summed E-state index contributed by atoms with van der Waals surface area (Å²) in [6.07, 6.45) is -8.43. The highest BCUT2D eigenvalue weighted by Gasteiger charge is 2.38. The molecule has 0 aromatic carbocycles. The van der Waals surface area contributed by atoms with E-state index in [0.29, 0.717) is 0 Å². The van der Waals surface area contributed by atoms with Crippen molar-refractivity contribution < 1.29 is 33.0 Å². The van der Waals surface area contributed by atoms with Crippen LogP contribution in [-0.2, 0) is 9.59 Å². The van der Waals surface area contributed by atoms with Crippen LogP contribution >= 0.6 is 0 Å². The van der Waals surface area contributed by atoms with E-state index in [1.807, 2.05) is 0 Å². The number of hydrogen-bond acceptors (Lipinski definition) is 3. The molecule has 0 saturated heterocycles. The van der Waals surface area contributed by atoms with Crippen LogP contribution in [0.15, 0.2) is 0 Å². The third kappa shape index (κ3) is 5.36. The second-order valence-electron chi connectivity index (χ2n) is 2.43. The number of hydrogen-bond donors (Lipinski definition) is 3. The number of aliphatic carboxylic acids is 1. The molecular weight excluding hydrogens is 207 g/mol. The molecule has 0 aromatic rings. The van der Waals surface area contributed by atoms with Crippen LogP contribution < -0.4 is 5.32 Å². The number of alkyl halides is 3. The van der Waals surface area contributed by atoms with Crippen molar-refractivity contribution in [3.8, 4) is 0 Å². The zero-order valence-electron chi connectivity index (χ0n) is 6.84. The van der Waals surface area contributed by atoms with E-state index in [9.17, 15) is 22.8 Å². The number of halogens is 3. The minimum atomic E-state index is -4.82. The van der Waals surface area contributed by atoms with Gasteiger partial charge in [-0.1, -0.05) is 0 Å². The number of aliphatic hydroxyl groups is 1. The summed E-state index contributed by atoms with van der Waals surface area (Å²) in [5, 5.41) is 18.1. The largest absolute Gasteiger partial charge is 0.481 e. The molecule has 0 rings (SSSR count). The first-order valence-electron chi connectivity index (χ1n) is 3.46. The summed E-state index contributed by atoms with van der Waals surface area (Å²) in [7, 11) is 0. The third-order valence-electron chi connectivity index (χ3n) is 1.18. The highest BCUT2D eigenvalue weighted by molar-refractivity contribution is 5.93. The standard InChI is InChI=1S/C6H8F3NO4/c7-6(8,9)3(11)2-10-4(12)1-5(13)14/h3,11H,1-2H2,(H,10,12)(H,13,14). The number of carbonyl (C=O) groups excluding carboxylic acids is 1. The molecule has 3 N–H and O–H groups in total. The molecule has 0 bridgehead atoms. The Labute approximate surface area is 76.5 Å². The maximum atomic E-state index is 11.6. The van der Waals surface area contributed by atoms with Gasteiger partial charge in [0.25, 0.3) is 0 Å². The summed E-state index contributed by atoms with van der Waals surface area (Å²) in [4.78, 5) is 20.4. The van der Waals surface area contributed by atoms with Gasteiger partial charge in [-0.15, -0.1) is 0 Å². The molecule has 1 amide bonds. The number of carboxylic acid groups (broad SMARTS) is 1. The van der Waals surface area contributed by atoms with Crippen molar-refractivity contribution in [2.24, 2.45) is 0 Å². The summed E-state index contributed by atoms with van der Waals surface area (Å²) in [5.74, 6) is -2.54. The molecule has 0 radical (unpaired) electrons. The van der Waals surface area contributed by atoms with E-state index in [1.165, 1.54) is 0 Å². The van der Waals surface area contributed by atoms with Crippen LogP contribution in [0.1, 0.15) is 6.42 Å². The first kappa shape index (κ1) is 12.7. The van der Waals surface area contributed by atoms with Crippen LogP contribution in [0.4, 0.5) is 13.2 Å². The molecule has 0 aromatic heterocycles. The molecule has 82 valence electrons. The Morgan fingerprint density at radius 2 is 1.86 bits per heavy atom. The lowest BCUT2D eigenvalue weighted by Crippen LogP contribution is -2.41. The molecule has 14 heavy (non-hydrogen) atoms. The number of aliphatic hydroxyl groups excluding tert-OH is 1. The number of carboxylic acids is 1. The van der Waals surface area contributed by atoms with E-state index >= 15 is 0 Å². The van der Waals surface area contributed by atoms with Crippen molar-refractivity contribution in [1.29, 1.82) is 0 Å². The smallest absolute Gasteiger partial charge is 0.416 e. The lowest BCUT2D eigenvalue weighted by atomic mass is 10.3. The molecule has 0 heterocycles. The number of nitrogens with one attached hydrogen (secondary N) is 1. The van der Waals surface area contributed by atoms with Gasteiger partial charge in [-0.2, -0.15) is 13.2 Å². The Hall–Kier alpha value is -1.31. The fourth-order valence-electron chi connectivity index (χ4n) is 0.526. The molecule has 0 aliphatic heterocycles. The van der Waals surface area contributed by atoms with E-state index in [1.54, 1.807) is 5.32 Å². The van der Waals surface area contributed by atoms with Crippen LogP contribution in [0.5, 0.6) is 0 Å². The van der Waals surface area contributed by atoms with Crippen molar-refractivity contribution in [3.05, 3.63) is 0 Å². The normalized spacial score (nSPS) is 13.4. The van der Waals surface area contributed by atoms with E-state index in [4.69, 9.17) is 10.2 Å². The lowest BCUT2D eigenvalue weighted by molar-refractivity contribution is -0.201. The van der Waals surface area contributed by atoms with E-state index in [0.717, 1.165) is 0 Å². The maximum Gasteiger partial charge on any atom is 0.416 e. The zero-order chi connectivity index (χ0) is 11.4. The molecule has 0 fully saturated rings. The second-order valence-corrected chi connectivity index (χ2v) is 2.43. The number of carbonyl (C=O) groups is 2. The van der Waals surface area contributed by atoms with Gasteiger partial charge in [0, 0.05) is 0 Å². The molecule has 0 aliphatic rings. The van der Waals surface area contributed by atoms with Gasteiger partial charge in [0.1, 0.15) is 6.42 Å². The highest BCUT2D eigenvalue weighted by atomic mass is 19.4. The molecular formula is C6H8F3NO4. The van der Waals surface area contributed by atoms with Gasteiger partial charge >= 0.3 is 12.1 Å². The van der Waals surface area contributed by atoms with Crippen molar-refractivity contribution in [3.63, 3.8) is 0 Å². The van der Waals surface area contributed by atoms with Crippen LogP contribution in [0, 0.1) is 0 Å². The van der Waals surface area contributed by atoms with Crippen molar-refractivity contribution in [2.75, 3.05) is 6.54 Å². The van der Waals surface area contributed by atoms with Crippen LogP contribution in [0.2, 0.25) is 0 Å². The Bertz CT molecular complexity index is 228. The minimum Gasteiger partial charge on any atom is -0.481 e. The predicted molar refractivity (Wildman–Crippen MR) is 37.3 cm³/mol. The SMILES string of the molecule is O=C(O)CC(=O)NCC(O)C(F)(F)F. The third-order valence-corrected chi connectivity index (χ3v) is 1.18. The second kappa shape index (κ2) is 4.80. The van der Waals surface area contributed by atoms with Crippen LogP contribution in [0.3, 0.4) is 0 Å². The summed E-state index contributed by atoms with van der Waals surface area (Å²) >= 11 is 0. The summed E-state index contributed by atoms with van der Waals surface area (Å²) < 4.78 is 34.9. The molecule has 0 aliphatic carbocycles. The summed E-state index contributed by atoms with van der Waals surface area (Å²) in [6.45, 7) is -1.05. The van der Waals surface area contributed by atoms with Crippen LogP contribution in [-0.4, -0.2) is 40.9 Å². The van der Waals surface area contributed by atoms with E-state index < -0.39 is 37.1 Å². The van der Waals surface area contributed by atoms with Gasteiger partial charge in [0.15, 0.2) is 6.10 Å². The van der Waals surface area contributed by atoms with Gasteiger partial charge in [-0.05, 0) is 0 Å². The summed E-state index contributed by atoms with van der Waals surface area (Å²) in [6, 6.07) is 0. The number of amides is 1. The predicted octanol–water partition coefficient (Wildman–Crippen LogP) is -0.499. The van der Waals surface area contributed by atoms with Crippen LogP contribution in [0.25, 0.3) is 0 Å². The molecule has 0 spiro atoms. The van der Waals surface area contributed by atoms with Crippen molar-refractivity contribution in [2.45, 2.75) is 18.7 Å². The quantitative estimate of drug-likeness (QED) is 0.552.